The lowest BCUT2D eigenvalue weighted by Crippen LogP contribution is -2.21. The van der Waals surface area contributed by atoms with Crippen LogP contribution in [-0.4, -0.2) is 47.5 Å². The molecule has 1 unspecified atom stereocenters. The molecular formula is C21H21ClN4O6. The van der Waals surface area contributed by atoms with Gasteiger partial charge < -0.3 is 24.7 Å². The van der Waals surface area contributed by atoms with Crippen LogP contribution in [-0.2, 0) is 16.1 Å². The van der Waals surface area contributed by atoms with Crippen molar-refractivity contribution in [2.24, 2.45) is 5.73 Å². The van der Waals surface area contributed by atoms with Crippen LogP contribution in [0, 0.1) is 0 Å². The van der Waals surface area contributed by atoms with Gasteiger partial charge in [0.05, 0.1) is 26.3 Å². The minimum Gasteiger partial charge on any atom is -0.493 e. The summed E-state index contributed by atoms with van der Waals surface area (Å²) in [5, 5.41) is 4.63. The summed E-state index contributed by atoms with van der Waals surface area (Å²) in [6, 6.07) is 9.79. The van der Waals surface area contributed by atoms with Crippen LogP contribution in [0.25, 0.3) is 0 Å². The molecule has 1 heterocycles. The molecule has 0 spiro atoms. The molecule has 10 nitrogen and oxygen atoms in total. The number of amides is 1. The molecule has 2 N–H and O–H groups in total. The fourth-order valence-corrected chi connectivity index (χ4v) is 2.99. The molecule has 0 saturated carbocycles. The van der Waals surface area contributed by atoms with Crippen molar-refractivity contribution in [2.75, 3.05) is 20.8 Å². The summed E-state index contributed by atoms with van der Waals surface area (Å²) in [6.45, 7) is -0.144. The van der Waals surface area contributed by atoms with Gasteiger partial charge in [-0.3, -0.25) is 4.79 Å². The summed E-state index contributed by atoms with van der Waals surface area (Å²) in [7, 11) is 2.78. The summed E-state index contributed by atoms with van der Waals surface area (Å²) in [4.78, 5) is 28.0. The van der Waals surface area contributed by atoms with Crippen molar-refractivity contribution in [3.63, 3.8) is 0 Å². The molecule has 0 radical (unpaired) electrons. The molecule has 3 rings (SSSR count). The summed E-state index contributed by atoms with van der Waals surface area (Å²) >= 11 is 5.98. The maximum atomic E-state index is 13.0. The van der Waals surface area contributed by atoms with Gasteiger partial charge in [-0.25, -0.2) is 14.5 Å². The lowest BCUT2D eigenvalue weighted by Gasteiger charge is -2.20. The number of carbonyl (C=O) groups excluding carboxylic acids is 2. The maximum Gasteiger partial charge on any atom is 0.339 e. The van der Waals surface area contributed by atoms with Crippen molar-refractivity contribution in [3.05, 3.63) is 65.2 Å². The average Bonchev–Trinajstić information content (AvgIpc) is 3.30. The van der Waals surface area contributed by atoms with Crippen LogP contribution in [0.15, 0.2) is 49.1 Å². The number of methoxy groups -OCH3 is 2. The predicted octanol–water partition coefficient (Wildman–Crippen LogP) is 2.41. The number of carbonyl (C=O) groups is 2. The van der Waals surface area contributed by atoms with Crippen LogP contribution in [0.4, 0.5) is 0 Å². The minimum atomic E-state index is -0.677. The van der Waals surface area contributed by atoms with E-state index in [0.29, 0.717) is 5.02 Å². The van der Waals surface area contributed by atoms with Crippen LogP contribution in [0.1, 0.15) is 22.0 Å². The minimum absolute atomic E-state index is 0.141. The van der Waals surface area contributed by atoms with Crippen LogP contribution in [0.3, 0.4) is 0 Å². The highest BCUT2D eigenvalue weighted by Gasteiger charge is 2.23. The Bertz CT molecular complexity index is 1050. The highest BCUT2D eigenvalue weighted by molar-refractivity contribution is 6.30. The standard InChI is InChI=1S/C21H21ClN4O6/c1-29-16-7-14(8-17(30-2)20(16)31-10-19(23)27)21(28)32-18(9-26-12-24-11-25-26)13-3-5-15(22)6-4-13/h3-8,11-12,18H,9-10H2,1-2H3,(H2,23,27). The Labute approximate surface area is 188 Å². The second-order valence-electron chi connectivity index (χ2n) is 6.53. The summed E-state index contributed by atoms with van der Waals surface area (Å²) in [5.41, 5.74) is 6.01. The van der Waals surface area contributed by atoms with E-state index in [9.17, 15) is 9.59 Å². The summed E-state index contributed by atoms with van der Waals surface area (Å²) < 4.78 is 23.3. The van der Waals surface area contributed by atoms with Gasteiger partial charge in [-0.15, -0.1) is 0 Å². The van der Waals surface area contributed by atoms with E-state index >= 15 is 0 Å². The highest BCUT2D eigenvalue weighted by atomic mass is 35.5. The van der Waals surface area contributed by atoms with Crippen molar-refractivity contribution >= 4 is 23.5 Å². The molecular weight excluding hydrogens is 440 g/mol. The third-order valence-corrected chi connectivity index (χ3v) is 4.62. The average molecular weight is 461 g/mol. The topological polar surface area (TPSA) is 128 Å². The molecule has 0 bridgehead atoms. The van der Waals surface area contributed by atoms with Gasteiger partial charge in [0, 0.05) is 5.02 Å². The van der Waals surface area contributed by atoms with Gasteiger partial charge in [0.15, 0.2) is 18.1 Å². The molecule has 32 heavy (non-hydrogen) atoms. The van der Waals surface area contributed by atoms with Crippen molar-refractivity contribution < 1.29 is 28.5 Å². The Kier molecular flexibility index (Phi) is 7.50. The Morgan fingerprint density at radius 1 is 1.12 bits per heavy atom. The lowest BCUT2D eigenvalue weighted by atomic mass is 10.1. The first kappa shape index (κ1) is 22.9. The zero-order valence-electron chi connectivity index (χ0n) is 17.4. The van der Waals surface area contributed by atoms with Gasteiger partial charge in [0.2, 0.25) is 5.75 Å². The van der Waals surface area contributed by atoms with E-state index in [4.69, 9.17) is 36.3 Å². The van der Waals surface area contributed by atoms with Gasteiger partial charge in [0.25, 0.3) is 5.91 Å². The summed E-state index contributed by atoms with van der Waals surface area (Å²) in [6.07, 6.45) is 2.24. The molecule has 168 valence electrons. The van der Waals surface area contributed by atoms with Crippen molar-refractivity contribution in [1.29, 1.82) is 0 Å². The number of primary amides is 1. The van der Waals surface area contributed by atoms with E-state index in [0.717, 1.165) is 5.56 Å². The number of hydrogen-bond acceptors (Lipinski definition) is 8. The first-order valence-corrected chi connectivity index (χ1v) is 9.75. The van der Waals surface area contributed by atoms with Crippen LogP contribution < -0.4 is 19.9 Å². The number of nitrogens with zero attached hydrogens (tertiary/aromatic N) is 3. The zero-order valence-corrected chi connectivity index (χ0v) is 18.1. The molecule has 0 fully saturated rings. The monoisotopic (exact) mass is 460 g/mol. The molecule has 1 amide bonds. The summed E-state index contributed by atoms with van der Waals surface area (Å²) in [5.74, 6) is -0.810. The van der Waals surface area contributed by atoms with Gasteiger partial charge in [-0.05, 0) is 29.8 Å². The number of esters is 1. The molecule has 1 atom stereocenters. The van der Waals surface area contributed by atoms with E-state index in [-0.39, 0.29) is 36.0 Å². The molecule has 0 aliphatic heterocycles. The van der Waals surface area contributed by atoms with Crippen LogP contribution in [0.5, 0.6) is 17.2 Å². The van der Waals surface area contributed by atoms with Gasteiger partial charge in [-0.2, -0.15) is 5.10 Å². The number of hydrogen-bond donors (Lipinski definition) is 1. The van der Waals surface area contributed by atoms with Crippen LogP contribution in [0.2, 0.25) is 5.02 Å². The molecule has 2 aromatic carbocycles. The smallest absolute Gasteiger partial charge is 0.339 e. The number of nitrogens with two attached hydrogens (primary N) is 1. The van der Waals surface area contributed by atoms with Crippen molar-refractivity contribution in [2.45, 2.75) is 12.6 Å². The quantitative estimate of drug-likeness (QED) is 0.457. The molecule has 1 aromatic heterocycles. The van der Waals surface area contributed by atoms with Crippen LogP contribution >= 0.6 is 11.6 Å². The van der Waals surface area contributed by atoms with E-state index < -0.39 is 18.0 Å². The predicted molar refractivity (Wildman–Crippen MR) is 114 cm³/mol. The van der Waals surface area contributed by atoms with Gasteiger partial charge in [-0.1, -0.05) is 23.7 Å². The van der Waals surface area contributed by atoms with Crippen molar-refractivity contribution in [3.8, 4) is 17.2 Å². The zero-order chi connectivity index (χ0) is 23.1. The number of aromatic nitrogens is 3. The lowest BCUT2D eigenvalue weighted by molar-refractivity contribution is -0.120. The Balaban J connectivity index is 1.89. The molecule has 3 aromatic rings. The normalized spacial score (nSPS) is 11.5. The second-order valence-corrected chi connectivity index (χ2v) is 6.96. The SMILES string of the molecule is COc1cc(C(=O)OC(Cn2cncn2)c2ccc(Cl)cc2)cc(OC)c1OCC(N)=O. The maximum absolute atomic E-state index is 13.0. The largest absolute Gasteiger partial charge is 0.493 e. The van der Waals surface area contributed by atoms with Gasteiger partial charge >= 0.3 is 5.97 Å². The molecule has 0 aliphatic rings. The first-order valence-electron chi connectivity index (χ1n) is 9.37. The van der Waals surface area contributed by atoms with E-state index in [1.807, 2.05) is 0 Å². The molecule has 11 heteroatoms. The third kappa shape index (κ3) is 5.67. The second kappa shape index (κ2) is 10.5. The van der Waals surface area contributed by atoms with E-state index in [1.54, 1.807) is 28.9 Å². The van der Waals surface area contributed by atoms with Crippen molar-refractivity contribution in [1.82, 2.24) is 14.8 Å². The first-order chi connectivity index (χ1) is 15.4. The highest BCUT2D eigenvalue weighted by Crippen LogP contribution is 2.39. The van der Waals surface area contributed by atoms with E-state index in [1.165, 1.54) is 39.0 Å². The molecule has 0 aliphatic carbocycles. The van der Waals surface area contributed by atoms with Gasteiger partial charge in [0.1, 0.15) is 18.8 Å². The Morgan fingerprint density at radius 3 is 2.31 bits per heavy atom. The fraction of sp³-hybridized carbons (Fsp3) is 0.238. The third-order valence-electron chi connectivity index (χ3n) is 4.37. The Hall–Kier alpha value is -3.79. The fourth-order valence-electron chi connectivity index (χ4n) is 2.87. The Morgan fingerprint density at radius 2 is 1.78 bits per heavy atom. The number of benzene rings is 2. The van der Waals surface area contributed by atoms with E-state index in [2.05, 4.69) is 10.1 Å². The molecule has 0 saturated heterocycles. The number of ether oxygens (including phenoxy) is 4. The number of rotatable bonds is 10. The number of halogens is 1.